The molecule has 1 amide bonds. The zero-order chi connectivity index (χ0) is 21.3. The largest absolute Gasteiger partial charge is 0.343 e. The van der Waals surface area contributed by atoms with Crippen molar-refractivity contribution in [3.05, 3.63) is 0 Å². The number of carbonyl (C=O) groups is 1. The number of likely N-dealkylation sites (tertiary alicyclic amines) is 1. The zero-order valence-electron chi connectivity index (χ0n) is 20.7. The van der Waals surface area contributed by atoms with Crippen LogP contribution >= 0.6 is 12.4 Å². The topological polar surface area (TPSA) is 32.3 Å². The molecule has 0 aromatic rings. The Labute approximate surface area is 200 Å². The Hall–Kier alpha value is -0.280. The van der Waals surface area contributed by atoms with Crippen molar-refractivity contribution in [3.8, 4) is 0 Å². The van der Waals surface area contributed by atoms with Gasteiger partial charge < -0.3 is 10.2 Å². The minimum Gasteiger partial charge on any atom is -0.343 e. The van der Waals surface area contributed by atoms with Gasteiger partial charge in [-0.15, -0.1) is 12.4 Å². The highest BCUT2D eigenvalue weighted by molar-refractivity contribution is 5.85. The molecule has 1 N–H and O–H groups in total. The molecule has 31 heavy (non-hydrogen) atoms. The first-order valence-corrected chi connectivity index (χ1v) is 13.8. The van der Waals surface area contributed by atoms with Crippen molar-refractivity contribution in [2.75, 3.05) is 26.2 Å². The van der Waals surface area contributed by atoms with Crippen LogP contribution < -0.4 is 5.32 Å². The molecule has 0 radical (unpaired) electrons. The van der Waals surface area contributed by atoms with E-state index in [1.54, 1.807) is 0 Å². The summed E-state index contributed by atoms with van der Waals surface area (Å²) in [5.41, 5.74) is 0. The molecule has 2 fully saturated rings. The van der Waals surface area contributed by atoms with Crippen LogP contribution in [-0.4, -0.2) is 37.0 Å². The molecule has 4 heteroatoms. The lowest BCUT2D eigenvalue weighted by molar-refractivity contribution is -0.133. The van der Waals surface area contributed by atoms with Crippen LogP contribution in [-0.2, 0) is 4.79 Å². The minimum absolute atomic E-state index is 0. The van der Waals surface area contributed by atoms with E-state index in [1.807, 2.05) is 0 Å². The maximum Gasteiger partial charge on any atom is 0.222 e. The molecule has 0 spiro atoms. The van der Waals surface area contributed by atoms with Crippen molar-refractivity contribution in [2.45, 2.75) is 129 Å². The number of unbranched alkanes of at least 4 members (excludes halogenated alkanes) is 13. The van der Waals surface area contributed by atoms with Gasteiger partial charge in [-0.25, -0.2) is 0 Å². The van der Waals surface area contributed by atoms with Gasteiger partial charge in [0.2, 0.25) is 5.91 Å². The summed E-state index contributed by atoms with van der Waals surface area (Å²) in [6.07, 6.45) is 25.2. The van der Waals surface area contributed by atoms with Gasteiger partial charge in [-0.05, 0) is 57.0 Å². The SMILES string of the molecule is CCCCCCCCCCCCCCCCC(=O)N1CCC(C2CCNCC2)CC1.Cl. The number of nitrogens with one attached hydrogen (secondary N) is 1. The molecule has 3 nitrogen and oxygen atoms in total. The smallest absolute Gasteiger partial charge is 0.222 e. The molecular weight excluding hydrogens is 404 g/mol. The van der Waals surface area contributed by atoms with Gasteiger partial charge >= 0.3 is 0 Å². The van der Waals surface area contributed by atoms with Gasteiger partial charge in [-0.2, -0.15) is 0 Å². The van der Waals surface area contributed by atoms with Crippen LogP contribution in [0.4, 0.5) is 0 Å². The van der Waals surface area contributed by atoms with Crippen molar-refractivity contribution in [1.29, 1.82) is 0 Å². The highest BCUT2D eigenvalue weighted by Crippen LogP contribution is 2.31. The number of amides is 1. The third kappa shape index (κ3) is 13.1. The third-order valence-corrected chi connectivity index (χ3v) is 7.69. The van der Waals surface area contributed by atoms with Crippen LogP contribution in [0.2, 0.25) is 0 Å². The molecule has 2 rings (SSSR count). The summed E-state index contributed by atoms with van der Waals surface area (Å²) in [7, 11) is 0. The molecule has 2 saturated heterocycles. The zero-order valence-corrected chi connectivity index (χ0v) is 21.5. The Balaban J connectivity index is 0.00000480. The van der Waals surface area contributed by atoms with Crippen LogP contribution in [0.3, 0.4) is 0 Å². The van der Waals surface area contributed by atoms with E-state index in [0.29, 0.717) is 5.91 Å². The molecule has 2 aliphatic rings. The van der Waals surface area contributed by atoms with Gasteiger partial charge in [-0.3, -0.25) is 4.79 Å². The van der Waals surface area contributed by atoms with Gasteiger partial charge in [0.25, 0.3) is 0 Å². The van der Waals surface area contributed by atoms with E-state index in [1.165, 1.54) is 122 Å². The number of halogens is 1. The highest BCUT2D eigenvalue weighted by Gasteiger charge is 2.28. The van der Waals surface area contributed by atoms with E-state index in [0.717, 1.165) is 37.8 Å². The van der Waals surface area contributed by atoms with Crippen LogP contribution in [0.1, 0.15) is 129 Å². The Bertz CT molecular complexity index is 417. The fourth-order valence-electron chi connectivity index (χ4n) is 5.56. The number of nitrogens with zero attached hydrogens (tertiary/aromatic N) is 1. The van der Waals surface area contributed by atoms with Crippen LogP contribution in [0.15, 0.2) is 0 Å². The van der Waals surface area contributed by atoms with E-state index in [-0.39, 0.29) is 12.4 Å². The molecule has 0 aromatic carbocycles. The van der Waals surface area contributed by atoms with E-state index >= 15 is 0 Å². The van der Waals surface area contributed by atoms with Crippen molar-refractivity contribution in [2.24, 2.45) is 11.8 Å². The van der Waals surface area contributed by atoms with Gasteiger partial charge in [0.05, 0.1) is 0 Å². The first kappa shape index (κ1) is 28.8. The number of carbonyl (C=O) groups excluding carboxylic acids is 1. The van der Waals surface area contributed by atoms with Crippen molar-refractivity contribution >= 4 is 18.3 Å². The van der Waals surface area contributed by atoms with Crippen molar-refractivity contribution in [1.82, 2.24) is 10.2 Å². The predicted octanol–water partition coefficient (Wildman–Crippen LogP) is 7.52. The first-order chi connectivity index (χ1) is 14.8. The Kier molecular flexibility index (Phi) is 17.8. The molecule has 184 valence electrons. The van der Waals surface area contributed by atoms with Crippen LogP contribution in [0, 0.1) is 11.8 Å². The fraction of sp³-hybridized carbons (Fsp3) is 0.963. The summed E-state index contributed by atoms with van der Waals surface area (Å²) in [4.78, 5) is 14.7. The number of hydrogen-bond donors (Lipinski definition) is 1. The standard InChI is InChI=1S/C27H52N2O.ClH/c1-2-3-4-5-6-7-8-9-10-11-12-13-14-15-16-27(30)29-23-19-26(20-24-29)25-17-21-28-22-18-25;/h25-26,28H,2-24H2,1H3;1H. The molecule has 0 bridgehead atoms. The molecule has 0 saturated carbocycles. The summed E-state index contributed by atoms with van der Waals surface area (Å²) >= 11 is 0. The summed E-state index contributed by atoms with van der Waals surface area (Å²) in [5.74, 6) is 2.21. The first-order valence-electron chi connectivity index (χ1n) is 13.8. The minimum atomic E-state index is 0. The summed E-state index contributed by atoms with van der Waals surface area (Å²) in [6.45, 7) is 6.72. The molecule has 0 unspecified atom stereocenters. The van der Waals surface area contributed by atoms with E-state index in [9.17, 15) is 4.79 Å². The Morgan fingerprint density at radius 1 is 0.677 bits per heavy atom. The predicted molar refractivity (Wildman–Crippen MR) is 137 cm³/mol. The van der Waals surface area contributed by atoms with E-state index in [2.05, 4.69) is 17.1 Å². The lowest BCUT2D eigenvalue weighted by atomic mass is 9.79. The molecule has 2 heterocycles. The summed E-state index contributed by atoms with van der Waals surface area (Å²) < 4.78 is 0. The van der Waals surface area contributed by atoms with Gasteiger partial charge in [0, 0.05) is 19.5 Å². The Morgan fingerprint density at radius 3 is 1.58 bits per heavy atom. The van der Waals surface area contributed by atoms with Crippen molar-refractivity contribution in [3.63, 3.8) is 0 Å². The molecule has 0 atom stereocenters. The third-order valence-electron chi connectivity index (χ3n) is 7.69. The van der Waals surface area contributed by atoms with Gasteiger partial charge in [-0.1, -0.05) is 90.4 Å². The molecule has 0 aliphatic carbocycles. The molecule has 2 aliphatic heterocycles. The maximum atomic E-state index is 12.5. The van der Waals surface area contributed by atoms with E-state index in [4.69, 9.17) is 0 Å². The molecule has 0 aromatic heterocycles. The quantitative estimate of drug-likeness (QED) is 0.243. The second kappa shape index (κ2) is 19.2. The fourth-order valence-corrected chi connectivity index (χ4v) is 5.56. The summed E-state index contributed by atoms with van der Waals surface area (Å²) in [5, 5.41) is 3.48. The number of hydrogen-bond acceptors (Lipinski definition) is 2. The lowest BCUT2D eigenvalue weighted by Crippen LogP contribution is -2.41. The van der Waals surface area contributed by atoms with Crippen LogP contribution in [0.5, 0.6) is 0 Å². The van der Waals surface area contributed by atoms with Crippen LogP contribution in [0.25, 0.3) is 0 Å². The number of rotatable bonds is 16. The maximum absolute atomic E-state index is 12.5. The highest BCUT2D eigenvalue weighted by atomic mass is 35.5. The lowest BCUT2D eigenvalue weighted by Gasteiger charge is -2.37. The molecular formula is C27H53ClN2O. The second-order valence-corrected chi connectivity index (χ2v) is 10.2. The summed E-state index contributed by atoms with van der Waals surface area (Å²) in [6, 6.07) is 0. The Morgan fingerprint density at radius 2 is 1.10 bits per heavy atom. The van der Waals surface area contributed by atoms with E-state index < -0.39 is 0 Å². The average molecular weight is 457 g/mol. The number of piperidine rings is 2. The monoisotopic (exact) mass is 456 g/mol. The van der Waals surface area contributed by atoms with Crippen molar-refractivity contribution < 1.29 is 4.79 Å². The average Bonchev–Trinajstić information content (AvgIpc) is 2.80. The second-order valence-electron chi connectivity index (χ2n) is 10.2. The van der Waals surface area contributed by atoms with Gasteiger partial charge in [0.1, 0.15) is 0 Å². The normalized spacial score (nSPS) is 18.2. The van der Waals surface area contributed by atoms with Gasteiger partial charge in [0.15, 0.2) is 0 Å².